The van der Waals surface area contributed by atoms with Crippen LogP contribution in [0.15, 0.2) is 72.9 Å². The quantitative estimate of drug-likeness (QED) is 0.0211. The number of ether oxygens (including phenoxy) is 2. The van der Waals surface area contributed by atoms with Crippen molar-refractivity contribution in [2.24, 2.45) is 0 Å². The van der Waals surface area contributed by atoms with Crippen LogP contribution in [0.1, 0.15) is 284 Å². The van der Waals surface area contributed by atoms with E-state index in [4.69, 9.17) is 18.5 Å². The van der Waals surface area contributed by atoms with Crippen LogP contribution >= 0.6 is 7.82 Å². The molecule has 0 saturated heterocycles. The molecular weight excluding hydrogens is 966 g/mol. The van der Waals surface area contributed by atoms with Gasteiger partial charge in [0.05, 0.1) is 27.7 Å². The van der Waals surface area contributed by atoms with Gasteiger partial charge in [-0.2, -0.15) is 0 Å². The second-order valence-electron chi connectivity index (χ2n) is 22.4. The normalized spacial score (nSPS) is 13.7. The molecule has 1 N–H and O–H groups in total. The Morgan fingerprint density at radius 1 is 0.421 bits per heavy atom. The molecule has 442 valence electrons. The van der Waals surface area contributed by atoms with Crippen molar-refractivity contribution in [1.29, 1.82) is 0 Å². The first-order valence-electron chi connectivity index (χ1n) is 31.7. The van der Waals surface area contributed by atoms with Crippen LogP contribution in [0.3, 0.4) is 0 Å². The van der Waals surface area contributed by atoms with E-state index in [0.717, 1.165) is 64.2 Å². The molecule has 0 aliphatic rings. The predicted molar refractivity (Wildman–Crippen MR) is 326 cm³/mol. The van der Waals surface area contributed by atoms with E-state index in [1.165, 1.54) is 186 Å². The number of carbonyl (C=O) groups is 2. The van der Waals surface area contributed by atoms with E-state index in [-0.39, 0.29) is 32.0 Å². The van der Waals surface area contributed by atoms with Gasteiger partial charge in [-0.1, -0.05) is 260 Å². The molecule has 0 heterocycles. The highest BCUT2D eigenvalue weighted by molar-refractivity contribution is 7.47. The van der Waals surface area contributed by atoms with Crippen LogP contribution in [0.2, 0.25) is 0 Å². The summed E-state index contributed by atoms with van der Waals surface area (Å²) in [5.41, 5.74) is 0. The molecule has 0 radical (unpaired) electrons. The van der Waals surface area contributed by atoms with Gasteiger partial charge in [0.15, 0.2) is 6.10 Å². The van der Waals surface area contributed by atoms with E-state index >= 15 is 0 Å². The molecule has 0 aliphatic carbocycles. The van der Waals surface area contributed by atoms with Crippen molar-refractivity contribution >= 4 is 19.8 Å². The molecule has 76 heavy (non-hydrogen) atoms. The molecule has 2 unspecified atom stereocenters. The lowest BCUT2D eigenvalue weighted by atomic mass is 10.0. The van der Waals surface area contributed by atoms with Gasteiger partial charge in [0.25, 0.3) is 0 Å². The standard InChI is InChI=1S/C66H120NO8P/c1-6-8-10-12-14-16-18-20-22-23-24-25-26-27-28-29-30-31-32-33-34-35-36-37-38-39-40-41-42-43-45-46-48-50-52-54-56-58-65(68)72-62-64(63-74-76(70,71)73-61-60-67(3,4)5)75-66(69)59-57-55-53-51-49-47-44-21-19-17-15-13-11-9-7-2/h9,11,15,17-18,20-21,23-24,44,49,51,64H,6-8,10,12-14,16,19,22,25-43,45-48,50,52-63H2,1-5H3/p+1/b11-9-,17-15-,20-18-,24-23-,44-21-,51-49-. The Morgan fingerprint density at radius 3 is 1.14 bits per heavy atom. The maximum Gasteiger partial charge on any atom is 0.472 e. The average molecular weight is 1090 g/mol. The van der Waals surface area contributed by atoms with Gasteiger partial charge in [-0.25, -0.2) is 4.57 Å². The summed E-state index contributed by atoms with van der Waals surface area (Å²) in [6.45, 7) is 4.28. The van der Waals surface area contributed by atoms with Gasteiger partial charge in [-0.3, -0.25) is 18.6 Å². The Labute approximate surface area is 469 Å². The van der Waals surface area contributed by atoms with Crippen LogP contribution in [0.4, 0.5) is 0 Å². The molecule has 0 bridgehead atoms. The monoisotopic (exact) mass is 1090 g/mol. The van der Waals surface area contributed by atoms with Gasteiger partial charge < -0.3 is 18.9 Å². The van der Waals surface area contributed by atoms with E-state index < -0.39 is 26.5 Å². The van der Waals surface area contributed by atoms with E-state index in [2.05, 4.69) is 86.8 Å². The summed E-state index contributed by atoms with van der Waals surface area (Å²) >= 11 is 0. The first kappa shape index (κ1) is 73.5. The maximum absolute atomic E-state index is 12.8. The van der Waals surface area contributed by atoms with Gasteiger partial charge in [-0.05, 0) is 83.5 Å². The zero-order chi connectivity index (χ0) is 55.6. The highest BCUT2D eigenvalue weighted by atomic mass is 31.2. The van der Waals surface area contributed by atoms with Crippen molar-refractivity contribution in [2.45, 2.75) is 290 Å². The summed E-state index contributed by atoms with van der Waals surface area (Å²) in [4.78, 5) is 35.6. The number of nitrogens with zero attached hydrogens (tertiary/aromatic N) is 1. The van der Waals surface area contributed by atoms with Gasteiger partial charge in [0.1, 0.15) is 19.8 Å². The molecular formula is C66H121NO8P+. The molecule has 0 aromatic carbocycles. The number of unbranched alkanes of at least 4 members (excludes halogenated alkanes) is 32. The second kappa shape index (κ2) is 57.1. The Balaban J connectivity index is 3.93. The lowest BCUT2D eigenvalue weighted by Gasteiger charge is -2.24. The Kier molecular flexibility index (Phi) is 55.2. The molecule has 0 aliphatic heterocycles. The fraction of sp³-hybridized carbons (Fsp3) is 0.788. The third-order valence-electron chi connectivity index (χ3n) is 13.7. The fourth-order valence-electron chi connectivity index (χ4n) is 8.86. The number of hydrogen-bond acceptors (Lipinski definition) is 7. The third kappa shape index (κ3) is 60.7. The van der Waals surface area contributed by atoms with E-state index in [0.29, 0.717) is 17.4 Å². The summed E-state index contributed by atoms with van der Waals surface area (Å²) in [6, 6.07) is 0. The van der Waals surface area contributed by atoms with Crippen molar-refractivity contribution in [1.82, 2.24) is 0 Å². The molecule has 0 fully saturated rings. The molecule has 10 heteroatoms. The van der Waals surface area contributed by atoms with Crippen LogP contribution in [0, 0.1) is 0 Å². The Morgan fingerprint density at radius 2 is 0.750 bits per heavy atom. The summed E-state index contributed by atoms with van der Waals surface area (Å²) < 4.78 is 34.5. The van der Waals surface area contributed by atoms with Crippen LogP contribution < -0.4 is 0 Å². The number of likely N-dealkylation sites (N-methyl/N-ethyl adjacent to an activating group) is 1. The van der Waals surface area contributed by atoms with Gasteiger partial charge in [0, 0.05) is 12.8 Å². The van der Waals surface area contributed by atoms with E-state index in [1.54, 1.807) is 0 Å². The lowest BCUT2D eigenvalue weighted by Crippen LogP contribution is -2.37. The van der Waals surface area contributed by atoms with Crippen LogP contribution in [0.25, 0.3) is 0 Å². The summed E-state index contributed by atoms with van der Waals surface area (Å²) in [5.74, 6) is -0.840. The molecule has 0 aromatic heterocycles. The summed E-state index contributed by atoms with van der Waals surface area (Å²) in [6.07, 6.45) is 76.0. The number of carbonyl (C=O) groups excluding carboxylic acids is 2. The lowest BCUT2D eigenvalue weighted by molar-refractivity contribution is -0.870. The highest BCUT2D eigenvalue weighted by Gasteiger charge is 2.27. The number of rotatable bonds is 58. The summed E-state index contributed by atoms with van der Waals surface area (Å²) in [7, 11) is 1.45. The Hall–Kier alpha value is -2.55. The minimum Gasteiger partial charge on any atom is -0.462 e. The minimum absolute atomic E-state index is 0.0223. The van der Waals surface area contributed by atoms with Crippen molar-refractivity contribution in [3.05, 3.63) is 72.9 Å². The zero-order valence-corrected chi connectivity index (χ0v) is 51.1. The summed E-state index contributed by atoms with van der Waals surface area (Å²) in [5, 5.41) is 0. The van der Waals surface area contributed by atoms with Gasteiger partial charge in [0.2, 0.25) is 0 Å². The predicted octanol–water partition coefficient (Wildman–Crippen LogP) is 20.0. The van der Waals surface area contributed by atoms with Gasteiger partial charge in [-0.15, -0.1) is 0 Å². The smallest absolute Gasteiger partial charge is 0.462 e. The number of esters is 2. The third-order valence-corrected chi connectivity index (χ3v) is 14.7. The van der Waals surface area contributed by atoms with E-state index in [9.17, 15) is 19.0 Å². The number of quaternary nitrogens is 1. The first-order valence-corrected chi connectivity index (χ1v) is 33.2. The molecule has 0 rings (SSSR count). The fourth-order valence-corrected chi connectivity index (χ4v) is 9.60. The SMILES string of the molecule is CC/C=C\C/C=C\C/C=C\C/C=C\CCCCC(=O)OC(COC(=O)CCCCCCCCCCCCCCCCCCCCCCCCCCC/C=C\C/C=C\CCCCCCC)COP(=O)(O)OCC[N+](C)(C)C. The highest BCUT2D eigenvalue weighted by Crippen LogP contribution is 2.43. The molecule has 0 amide bonds. The second-order valence-corrected chi connectivity index (χ2v) is 23.9. The number of allylic oxidation sites excluding steroid dienone is 12. The van der Waals surface area contributed by atoms with Gasteiger partial charge >= 0.3 is 19.8 Å². The topological polar surface area (TPSA) is 108 Å². The maximum atomic E-state index is 12.8. The van der Waals surface area contributed by atoms with Crippen LogP contribution in [0.5, 0.6) is 0 Å². The molecule has 9 nitrogen and oxygen atoms in total. The first-order chi connectivity index (χ1) is 37.0. The Bertz CT molecular complexity index is 1510. The van der Waals surface area contributed by atoms with Crippen LogP contribution in [-0.2, 0) is 32.7 Å². The average Bonchev–Trinajstić information content (AvgIpc) is 3.38. The molecule has 2 atom stereocenters. The van der Waals surface area contributed by atoms with Crippen LogP contribution in [-0.4, -0.2) is 74.9 Å². The number of phosphoric acid groups is 1. The zero-order valence-electron chi connectivity index (χ0n) is 50.2. The van der Waals surface area contributed by atoms with Crippen molar-refractivity contribution in [3.8, 4) is 0 Å². The molecule has 0 saturated carbocycles. The number of hydrogen-bond donors (Lipinski definition) is 1. The number of phosphoric ester groups is 1. The van der Waals surface area contributed by atoms with E-state index in [1.807, 2.05) is 21.1 Å². The van der Waals surface area contributed by atoms with Crippen molar-refractivity contribution in [3.63, 3.8) is 0 Å². The largest absolute Gasteiger partial charge is 0.472 e. The minimum atomic E-state index is -4.40. The molecule has 0 aromatic rings. The van der Waals surface area contributed by atoms with Crippen molar-refractivity contribution in [2.75, 3.05) is 47.5 Å². The molecule has 0 spiro atoms. The van der Waals surface area contributed by atoms with Crippen molar-refractivity contribution < 1.29 is 42.1 Å².